The monoisotopic (exact) mass is 466 g/mol. The van der Waals surface area contributed by atoms with Gasteiger partial charge in [0.25, 0.3) is 0 Å². The van der Waals surface area contributed by atoms with Crippen LogP contribution in [0.2, 0.25) is 4.34 Å². The Morgan fingerprint density at radius 2 is 2.00 bits per heavy atom. The van der Waals surface area contributed by atoms with Crippen molar-refractivity contribution in [3.8, 4) is 0 Å². The highest BCUT2D eigenvalue weighted by Gasteiger charge is 2.35. The standard InChI is InChI=1S/C20H19ClN2O7S/c1-2-28-19(26)17-11(22-20(27)23-18(17)13-4-3-9-29-13)10-30-16(25)8-5-12(24)14-6-7-15(21)31-14/h3-4,6-7,9,18H,2,5,8,10H2,1H3,(H2,22,23,27). The average molecular weight is 467 g/mol. The van der Waals surface area contributed by atoms with Crippen LogP contribution in [0.25, 0.3) is 0 Å². The van der Waals surface area contributed by atoms with Crippen molar-refractivity contribution < 1.29 is 33.1 Å². The summed E-state index contributed by atoms with van der Waals surface area (Å²) in [4.78, 5) is 49.3. The SMILES string of the molecule is CCOC(=O)C1=C(COC(=O)CCC(=O)c2ccc(Cl)s2)NC(=O)NC1c1ccco1. The van der Waals surface area contributed by atoms with E-state index in [-0.39, 0.29) is 43.1 Å². The molecule has 1 aliphatic heterocycles. The zero-order valence-corrected chi connectivity index (χ0v) is 18.0. The van der Waals surface area contributed by atoms with E-state index in [0.717, 1.165) is 11.3 Å². The molecule has 2 amide bonds. The first-order chi connectivity index (χ1) is 14.9. The minimum atomic E-state index is -0.901. The molecule has 9 nitrogen and oxygen atoms in total. The van der Waals surface area contributed by atoms with Crippen molar-refractivity contribution >= 4 is 46.7 Å². The van der Waals surface area contributed by atoms with E-state index in [9.17, 15) is 19.2 Å². The maximum Gasteiger partial charge on any atom is 0.338 e. The molecule has 0 radical (unpaired) electrons. The fraction of sp³-hybridized carbons (Fsp3) is 0.300. The highest BCUT2D eigenvalue weighted by molar-refractivity contribution is 7.18. The van der Waals surface area contributed by atoms with Gasteiger partial charge in [-0.15, -0.1) is 11.3 Å². The van der Waals surface area contributed by atoms with E-state index in [1.165, 1.54) is 6.26 Å². The Bertz CT molecular complexity index is 1010. The van der Waals surface area contributed by atoms with Gasteiger partial charge in [-0.1, -0.05) is 11.6 Å². The van der Waals surface area contributed by atoms with Crippen LogP contribution >= 0.6 is 22.9 Å². The molecule has 1 unspecified atom stereocenters. The Balaban J connectivity index is 1.69. The van der Waals surface area contributed by atoms with Gasteiger partial charge in [0.15, 0.2) is 5.78 Å². The highest BCUT2D eigenvalue weighted by atomic mass is 35.5. The lowest BCUT2D eigenvalue weighted by Crippen LogP contribution is -2.47. The van der Waals surface area contributed by atoms with Crippen LogP contribution in [0, 0.1) is 0 Å². The zero-order chi connectivity index (χ0) is 22.4. The molecule has 0 spiro atoms. The summed E-state index contributed by atoms with van der Waals surface area (Å²) < 4.78 is 16.1. The van der Waals surface area contributed by atoms with Gasteiger partial charge in [-0.3, -0.25) is 9.59 Å². The molecular formula is C20H19ClN2O7S. The Labute approximate surface area is 186 Å². The van der Waals surface area contributed by atoms with Gasteiger partial charge >= 0.3 is 18.0 Å². The Morgan fingerprint density at radius 1 is 1.19 bits per heavy atom. The largest absolute Gasteiger partial charge is 0.467 e. The molecule has 31 heavy (non-hydrogen) atoms. The van der Waals surface area contributed by atoms with E-state index in [0.29, 0.717) is 15.0 Å². The number of amides is 2. The number of rotatable bonds is 9. The van der Waals surface area contributed by atoms with Crippen molar-refractivity contribution in [2.75, 3.05) is 13.2 Å². The third kappa shape index (κ3) is 5.74. The van der Waals surface area contributed by atoms with Crippen molar-refractivity contribution in [2.24, 2.45) is 0 Å². The number of halogens is 1. The summed E-state index contributed by atoms with van der Waals surface area (Å²) in [5.74, 6) is -1.25. The molecule has 11 heteroatoms. The van der Waals surface area contributed by atoms with Gasteiger partial charge in [0.1, 0.15) is 18.4 Å². The summed E-state index contributed by atoms with van der Waals surface area (Å²) in [6.07, 6.45) is 1.19. The van der Waals surface area contributed by atoms with Crippen LogP contribution in [-0.2, 0) is 19.1 Å². The Hall–Kier alpha value is -3.11. The summed E-state index contributed by atoms with van der Waals surface area (Å²) >= 11 is 6.94. The molecule has 2 aromatic rings. The van der Waals surface area contributed by atoms with Gasteiger partial charge < -0.3 is 24.5 Å². The number of urea groups is 1. The maximum absolute atomic E-state index is 12.5. The predicted octanol–water partition coefficient (Wildman–Crippen LogP) is 3.37. The first-order valence-corrected chi connectivity index (χ1v) is 10.5. The number of esters is 2. The molecule has 3 heterocycles. The fourth-order valence-electron chi connectivity index (χ4n) is 2.88. The first-order valence-electron chi connectivity index (χ1n) is 9.34. The first kappa shape index (κ1) is 22.6. The third-order valence-electron chi connectivity index (χ3n) is 4.26. The molecule has 164 valence electrons. The smallest absolute Gasteiger partial charge is 0.338 e. The summed E-state index contributed by atoms with van der Waals surface area (Å²) in [6, 6.07) is 4.92. The molecule has 1 aliphatic rings. The van der Waals surface area contributed by atoms with Gasteiger partial charge in [0.05, 0.1) is 39.8 Å². The van der Waals surface area contributed by atoms with Crippen LogP contribution in [0.3, 0.4) is 0 Å². The number of hydrogen-bond acceptors (Lipinski definition) is 8. The number of ether oxygens (including phenoxy) is 2. The van der Waals surface area contributed by atoms with E-state index in [1.807, 2.05) is 0 Å². The van der Waals surface area contributed by atoms with E-state index in [4.69, 9.17) is 25.5 Å². The van der Waals surface area contributed by atoms with Crippen molar-refractivity contribution in [3.63, 3.8) is 0 Å². The lowest BCUT2D eigenvalue weighted by Gasteiger charge is -2.27. The zero-order valence-electron chi connectivity index (χ0n) is 16.4. The normalized spacial score (nSPS) is 15.8. The highest BCUT2D eigenvalue weighted by Crippen LogP contribution is 2.28. The number of carbonyl (C=O) groups is 4. The molecule has 2 aromatic heterocycles. The van der Waals surface area contributed by atoms with Crippen LogP contribution < -0.4 is 10.6 Å². The summed E-state index contributed by atoms with van der Waals surface area (Å²) in [6.45, 7) is 1.38. The van der Waals surface area contributed by atoms with E-state index >= 15 is 0 Å². The Kier molecular flexibility index (Phi) is 7.48. The van der Waals surface area contributed by atoms with Gasteiger partial charge in [0, 0.05) is 6.42 Å². The molecule has 3 rings (SSSR count). The van der Waals surface area contributed by atoms with Crippen LogP contribution in [0.4, 0.5) is 4.79 Å². The van der Waals surface area contributed by atoms with Crippen molar-refractivity contribution in [1.29, 1.82) is 0 Å². The number of Topliss-reactive ketones (excluding diaryl/α,β-unsaturated/α-hetero) is 1. The second kappa shape index (κ2) is 10.3. The topological polar surface area (TPSA) is 124 Å². The number of furan rings is 1. The van der Waals surface area contributed by atoms with Crippen LogP contribution in [-0.4, -0.2) is 37.0 Å². The minimum Gasteiger partial charge on any atom is -0.467 e. The van der Waals surface area contributed by atoms with Crippen molar-refractivity contribution in [2.45, 2.75) is 25.8 Å². The maximum atomic E-state index is 12.5. The molecule has 0 fully saturated rings. The summed E-state index contributed by atoms with van der Waals surface area (Å²) in [5, 5.41) is 5.07. The molecule has 0 aliphatic carbocycles. The number of ketones is 1. The third-order valence-corrected chi connectivity index (χ3v) is 5.53. The number of nitrogens with one attached hydrogen (secondary N) is 2. The second-order valence-corrected chi connectivity index (χ2v) is 8.06. The van der Waals surface area contributed by atoms with E-state index < -0.39 is 24.0 Å². The molecular weight excluding hydrogens is 448 g/mol. The van der Waals surface area contributed by atoms with Crippen molar-refractivity contribution in [3.05, 3.63) is 56.8 Å². The van der Waals surface area contributed by atoms with Crippen molar-refractivity contribution in [1.82, 2.24) is 10.6 Å². The molecule has 0 aromatic carbocycles. The van der Waals surface area contributed by atoms with Crippen LogP contribution in [0.15, 0.2) is 46.2 Å². The lowest BCUT2D eigenvalue weighted by molar-refractivity contribution is -0.143. The molecule has 1 atom stereocenters. The Morgan fingerprint density at radius 3 is 2.65 bits per heavy atom. The number of carbonyl (C=O) groups excluding carboxylic acids is 4. The predicted molar refractivity (Wildman–Crippen MR) is 111 cm³/mol. The number of hydrogen-bond donors (Lipinski definition) is 2. The fourth-order valence-corrected chi connectivity index (χ4v) is 3.89. The van der Waals surface area contributed by atoms with E-state index in [1.54, 1.807) is 31.2 Å². The van der Waals surface area contributed by atoms with Crippen LogP contribution in [0.5, 0.6) is 0 Å². The van der Waals surface area contributed by atoms with E-state index in [2.05, 4.69) is 10.6 Å². The molecule has 0 saturated carbocycles. The number of thiophene rings is 1. The summed E-state index contributed by atoms with van der Waals surface area (Å²) in [5.41, 5.74) is 0.141. The van der Waals surface area contributed by atoms with Gasteiger partial charge in [-0.05, 0) is 31.2 Å². The van der Waals surface area contributed by atoms with Gasteiger partial charge in [0.2, 0.25) is 0 Å². The van der Waals surface area contributed by atoms with Crippen LogP contribution in [0.1, 0.15) is 41.2 Å². The van der Waals surface area contributed by atoms with Gasteiger partial charge in [-0.25, -0.2) is 9.59 Å². The molecule has 0 bridgehead atoms. The minimum absolute atomic E-state index is 0.0532. The summed E-state index contributed by atoms with van der Waals surface area (Å²) in [7, 11) is 0. The average Bonchev–Trinajstić information content (AvgIpc) is 3.42. The van der Waals surface area contributed by atoms with Gasteiger partial charge in [-0.2, -0.15) is 0 Å². The lowest BCUT2D eigenvalue weighted by atomic mass is 10.0. The second-order valence-electron chi connectivity index (χ2n) is 6.35. The molecule has 0 saturated heterocycles. The molecule has 2 N–H and O–H groups in total. The quantitative estimate of drug-likeness (QED) is 0.428.